The zero-order valence-electron chi connectivity index (χ0n) is 32.2. The van der Waals surface area contributed by atoms with Crippen LogP contribution in [0.3, 0.4) is 0 Å². The summed E-state index contributed by atoms with van der Waals surface area (Å²) in [5.74, 6) is 1.92. The predicted molar refractivity (Wildman–Crippen MR) is 247 cm³/mol. The van der Waals surface area contributed by atoms with Gasteiger partial charge in [-0.25, -0.2) is 15.0 Å². The first-order valence-corrected chi connectivity index (χ1v) is 20.3. The Morgan fingerprint density at radius 2 is 0.917 bits per heavy atom. The van der Waals surface area contributed by atoms with Crippen molar-refractivity contribution in [3.8, 4) is 51.0 Å². The van der Waals surface area contributed by atoms with E-state index < -0.39 is 0 Å². The topological polar surface area (TPSA) is 56.7 Å². The molecule has 5 nitrogen and oxygen atoms in total. The number of furan rings is 1. The molecule has 0 aliphatic heterocycles. The molecule has 0 aliphatic rings. The maximum atomic E-state index is 6.28. The Hall–Kier alpha value is -8.15. The van der Waals surface area contributed by atoms with Gasteiger partial charge in [-0.1, -0.05) is 133 Å². The van der Waals surface area contributed by atoms with Crippen molar-refractivity contribution in [3.05, 3.63) is 194 Å². The summed E-state index contributed by atoms with van der Waals surface area (Å²) in [6, 6.07) is 68.6. The second-order valence-corrected chi connectivity index (χ2v) is 15.6. The van der Waals surface area contributed by atoms with Crippen molar-refractivity contribution in [1.29, 1.82) is 0 Å². The monoisotopic (exact) mass is 764 g/mol. The molecule has 13 aromatic rings. The van der Waals surface area contributed by atoms with Gasteiger partial charge in [0.05, 0.1) is 11.0 Å². The Bertz CT molecular complexity index is 3830. The lowest BCUT2D eigenvalue weighted by Gasteiger charge is -2.11. The van der Waals surface area contributed by atoms with E-state index in [2.05, 4.69) is 156 Å². The van der Waals surface area contributed by atoms with E-state index in [-0.39, 0.29) is 0 Å². The van der Waals surface area contributed by atoms with Crippen molar-refractivity contribution < 1.29 is 4.42 Å². The van der Waals surface area contributed by atoms with Crippen molar-refractivity contribution in [2.75, 3.05) is 0 Å². The molecule has 3 aromatic heterocycles. The maximum Gasteiger partial charge on any atom is 0.164 e. The maximum absolute atomic E-state index is 6.28. The van der Waals surface area contributed by atoms with E-state index in [9.17, 15) is 0 Å². The van der Waals surface area contributed by atoms with Crippen LogP contribution in [0.5, 0.6) is 0 Å². The first kappa shape index (κ1) is 32.9. The molecule has 13 rings (SSSR count). The van der Waals surface area contributed by atoms with Gasteiger partial charge in [0.15, 0.2) is 17.5 Å². The lowest BCUT2D eigenvalue weighted by Crippen LogP contribution is -2.00. The van der Waals surface area contributed by atoms with Gasteiger partial charge in [0.1, 0.15) is 11.2 Å². The predicted octanol–water partition coefficient (Wildman–Crippen LogP) is 14.4. The fourth-order valence-electron chi connectivity index (χ4n) is 9.46. The molecule has 0 unspecified atom stereocenters. The third kappa shape index (κ3) is 4.90. The zero-order chi connectivity index (χ0) is 39.3. The minimum absolute atomic E-state index is 0.633. The van der Waals surface area contributed by atoms with Crippen LogP contribution in [0.25, 0.3) is 127 Å². The highest BCUT2D eigenvalue weighted by Gasteiger charge is 2.21. The standard InChI is InChI=1S/C55H32N4O/c1-2-12-34(13-3-1)53-56-54(58-55(57-53)38-24-23-33-11-4-5-14-36(33)31-38)35-25-28-39(29-26-35)59-46-19-8-17-42-41-30-27-37(32-45(41)43-18-9-20-47(59)52(43)51(42)46)40-16-10-22-49-50(40)44-15-6-7-21-48(44)60-49/h1-32H. The van der Waals surface area contributed by atoms with E-state index in [4.69, 9.17) is 19.4 Å². The second-order valence-electron chi connectivity index (χ2n) is 15.6. The van der Waals surface area contributed by atoms with Crippen LogP contribution < -0.4 is 0 Å². The Morgan fingerprint density at radius 1 is 0.333 bits per heavy atom. The molecular weight excluding hydrogens is 733 g/mol. The molecular formula is C55H32N4O. The summed E-state index contributed by atoms with van der Waals surface area (Å²) in [5.41, 5.74) is 10.4. The third-order valence-electron chi connectivity index (χ3n) is 12.2. The summed E-state index contributed by atoms with van der Waals surface area (Å²) in [5, 5.41) is 12.1. The van der Waals surface area contributed by atoms with Crippen LogP contribution >= 0.6 is 0 Å². The number of hydrogen-bond donors (Lipinski definition) is 0. The largest absolute Gasteiger partial charge is 0.456 e. The molecule has 3 heterocycles. The number of rotatable bonds is 5. The van der Waals surface area contributed by atoms with Crippen LogP contribution in [0.4, 0.5) is 0 Å². The van der Waals surface area contributed by atoms with Gasteiger partial charge in [0, 0.05) is 43.9 Å². The van der Waals surface area contributed by atoms with Crippen LogP contribution in [-0.4, -0.2) is 19.5 Å². The smallest absolute Gasteiger partial charge is 0.164 e. The van der Waals surface area contributed by atoms with Gasteiger partial charge in [0.2, 0.25) is 0 Å². The van der Waals surface area contributed by atoms with Crippen molar-refractivity contribution in [2.24, 2.45) is 0 Å². The lowest BCUT2D eigenvalue weighted by atomic mass is 9.91. The highest BCUT2D eigenvalue weighted by Crippen LogP contribution is 2.45. The molecule has 10 aromatic carbocycles. The Labute approximate surface area is 343 Å². The highest BCUT2D eigenvalue weighted by atomic mass is 16.3. The first-order chi connectivity index (χ1) is 29.7. The van der Waals surface area contributed by atoms with Crippen molar-refractivity contribution >= 4 is 76.1 Å². The molecule has 0 bridgehead atoms. The number of fused-ring (bicyclic) bond motifs is 7. The molecule has 5 heteroatoms. The van der Waals surface area contributed by atoms with E-state index in [1.165, 1.54) is 59.9 Å². The van der Waals surface area contributed by atoms with Gasteiger partial charge in [-0.15, -0.1) is 0 Å². The van der Waals surface area contributed by atoms with Crippen molar-refractivity contribution in [3.63, 3.8) is 0 Å². The fourth-order valence-corrected chi connectivity index (χ4v) is 9.46. The van der Waals surface area contributed by atoms with Gasteiger partial charge in [-0.2, -0.15) is 0 Å². The second kappa shape index (κ2) is 12.7. The van der Waals surface area contributed by atoms with E-state index in [0.29, 0.717) is 17.5 Å². The summed E-state index contributed by atoms with van der Waals surface area (Å²) >= 11 is 0. The molecule has 0 saturated carbocycles. The quantitative estimate of drug-likeness (QED) is 0.164. The molecule has 0 amide bonds. The van der Waals surface area contributed by atoms with Gasteiger partial charge < -0.3 is 8.98 Å². The van der Waals surface area contributed by atoms with Gasteiger partial charge >= 0.3 is 0 Å². The van der Waals surface area contributed by atoms with Crippen LogP contribution in [-0.2, 0) is 0 Å². The number of hydrogen-bond acceptors (Lipinski definition) is 4. The van der Waals surface area contributed by atoms with Gasteiger partial charge in [-0.05, 0) is 104 Å². The minimum Gasteiger partial charge on any atom is -0.456 e. The molecule has 0 aliphatic carbocycles. The van der Waals surface area contributed by atoms with E-state index >= 15 is 0 Å². The Morgan fingerprint density at radius 3 is 1.70 bits per heavy atom. The molecule has 278 valence electrons. The SMILES string of the molecule is c1ccc(-c2nc(-c3ccc(-n4c5cccc6c7ccc(-c8cccc9oc%10ccccc%10c89)cc7c7cccc4c7c65)cc3)nc(-c3ccc4ccccc4c3)n2)cc1. The van der Waals surface area contributed by atoms with E-state index in [0.717, 1.165) is 49.7 Å². The lowest BCUT2D eigenvalue weighted by molar-refractivity contribution is 0.669. The van der Waals surface area contributed by atoms with E-state index in [1.54, 1.807) is 0 Å². The molecule has 0 fully saturated rings. The van der Waals surface area contributed by atoms with Crippen LogP contribution in [0.2, 0.25) is 0 Å². The van der Waals surface area contributed by atoms with Crippen LogP contribution in [0, 0.1) is 0 Å². The molecule has 0 N–H and O–H groups in total. The summed E-state index contributed by atoms with van der Waals surface area (Å²) < 4.78 is 8.68. The minimum atomic E-state index is 0.633. The summed E-state index contributed by atoms with van der Waals surface area (Å²) in [4.78, 5) is 15.1. The highest BCUT2D eigenvalue weighted by molar-refractivity contribution is 6.34. The van der Waals surface area contributed by atoms with Gasteiger partial charge in [-0.3, -0.25) is 0 Å². The summed E-state index contributed by atoms with van der Waals surface area (Å²) in [6.07, 6.45) is 0. The number of benzene rings is 10. The summed E-state index contributed by atoms with van der Waals surface area (Å²) in [6.45, 7) is 0. The third-order valence-corrected chi connectivity index (χ3v) is 12.2. The molecule has 0 saturated heterocycles. The number of nitrogens with zero attached hydrogens (tertiary/aromatic N) is 4. The molecule has 0 atom stereocenters. The average molecular weight is 765 g/mol. The average Bonchev–Trinajstić information content (AvgIpc) is 3.88. The van der Waals surface area contributed by atoms with Crippen LogP contribution in [0.15, 0.2) is 199 Å². The summed E-state index contributed by atoms with van der Waals surface area (Å²) in [7, 11) is 0. The Kier molecular flexibility index (Phi) is 6.95. The van der Waals surface area contributed by atoms with Crippen molar-refractivity contribution in [1.82, 2.24) is 19.5 Å². The van der Waals surface area contributed by atoms with Crippen molar-refractivity contribution in [2.45, 2.75) is 0 Å². The van der Waals surface area contributed by atoms with Gasteiger partial charge in [0.25, 0.3) is 0 Å². The molecule has 0 radical (unpaired) electrons. The first-order valence-electron chi connectivity index (χ1n) is 20.3. The molecule has 60 heavy (non-hydrogen) atoms. The fraction of sp³-hybridized carbons (Fsp3) is 0. The molecule has 0 spiro atoms. The number of aromatic nitrogens is 4. The Balaban J connectivity index is 0.962. The number of para-hydroxylation sites is 1. The van der Waals surface area contributed by atoms with Crippen LogP contribution in [0.1, 0.15) is 0 Å². The van der Waals surface area contributed by atoms with E-state index in [1.807, 2.05) is 42.5 Å². The normalized spacial score (nSPS) is 12.0. The zero-order valence-corrected chi connectivity index (χ0v) is 32.2.